The zero-order valence-corrected chi connectivity index (χ0v) is 9.18. The van der Waals surface area contributed by atoms with E-state index in [1.807, 2.05) is 0 Å². The van der Waals surface area contributed by atoms with Crippen LogP contribution in [0.5, 0.6) is 11.5 Å². The maximum Gasteiger partial charge on any atom is 0.387 e. The first-order valence-electron chi connectivity index (χ1n) is 5.50. The zero-order chi connectivity index (χ0) is 12.3. The average Bonchev–Trinajstić information content (AvgIpc) is 2.24. The Hall–Kier alpha value is -1.36. The van der Waals surface area contributed by atoms with Gasteiger partial charge in [0.25, 0.3) is 0 Å². The molecule has 1 saturated carbocycles. The Morgan fingerprint density at radius 2 is 1.94 bits per heavy atom. The van der Waals surface area contributed by atoms with Gasteiger partial charge in [-0.1, -0.05) is 12.1 Å². The molecule has 0 heterocycles. The highest BCUT2D eigenvalue weighted by Gasteiger charge is 2.30. The summed E-state index contributed by atoms with van der Waals surface area (Å²) in [6, 6.07) is 6.37. The summed E-state index contributed by atoms with van der Waals surface area (Å²) in [5.74, 6) is 0.646. The van der Waals surface area contributed by atoms with E-state index in [1.54, 1.807) is 18.2 Å². The molecule has 1 aromatic rings. The lowest BCUT2D eigenvalue weighted by Gasteiger charge is -2.34. The second kappa shape index (κ2) is 5.31. The van der Waals surface area contributed by atoms with Gasteiger partial charge in [-0.2, -0.15) is 8.78 Å². The van der Waals surface area contributed by atoms with E-state index >= 15 is 0 Å². The molecule has 17 heavy (non-hydrogen) atoms. The lowest BCUT2D eigenvalue weighted by atomic mass is 9.83. The second-order valence-corrected chi connectivity index (χ2v) is 4.09. The van der Waals surface area contributed by atoms with Crippen molar-refractivity contribution in [3.05, 3.63) is 24.3 Å². The third-order valence-corrected chi connectivity index (χ3v) is 2.81. The minimum atomic E-state index is -2.86. The molecular formula is C12H16F2O3. The van der Waals surface area contributed by atoms with E-state index in [9.17, 15) is 8.78 Å². The fourth-order valence-electron chi connectivity index (χ4n) is 1.84. The average molecular weight is 246 g/mol. The number of halogens is 2. The van der Waals surface area contributed by atoms with Crippen molar-refractivity contribution in [2.45, 2.75) is 25.6 Å². The smallest absolute Gasteiger partial charge is 0.387 e. The van der Waals surface area contributed by atoms with Gasteiger partial charge in [0, 0.05) is 8.03 Å². The first-order chi connectivity index (χ1) is 8.19. The number of ether oxygens (including phenoxy) is 2. The molecular weight excluding hydrogens is 230 g/mol. The number of alkyl halides is 2. The first kappa shape index (κ1) is 12.1. The van der Waals surface area contributed by atoms with Crippen LogP contribution in [-0.2, 0) is 0 Å². The molecule has 2 rings (SSSR count). The number of hydrogen-bond donors (Lipinski definition) is 1. The SMILES string of the molecule is OCC1CC(Oc2ccccc2OC(F)F)C1.[HH]. The van der Waals surface area contributed by atoms with Crippen LogP contribution in [-0.4, -0.2) is 24.4 Å². The molecule has 96 valence electrons. The van der Waals surface area contributed by atoms with Crippen LogP contribution in [0.1, 0.15) is 14.3 Å². The minimum absolute atomic E-state index is 0. The van der Waals surface area contributed by atoms with Gasteiger partial charge in [-0.3, -0.25) is 0 Å². The van der Waals surface area contributed by atoms with Gasteiger partial charge in [0.2, 0.25) is 0 Å². The predicted octanol–water partition coefficient (Wildman–Crippen LogP) is 2.68. The van der Waals surface area contributed by atoms with Crippen LogP contribution >= 0.6 is 0 Å². The summed E-state index contributed by atoms with van der Waals surface area (Å²) in [6.45, 7) is -2.71. The predicted molar refractivity (Wildman–Crippen MR) is 59.4 cm³/mol. The van der Waals surface area contributed by atoms with E-state index in [1.165, 1.54) is 6.07 Å². The summed E-state index contributed by atoms with van der Waals surface area (Å²) in [5, 5.41) is 8.86. The van der Waals surface area contributed by atoms with Crippen LogP contribution in [0.4, 0.5) is 8.78 Å². The van der Waals surface area contributed by atoms with Crippen molar-refractivity contribution >= 4 is 0 Å². The Morgan fingerprint density at radius 3 is 2.53 bits per heavy atom. The third kappa shape index (κ3) is 3.06. The van der Waals surface area contributed by atoms with Crippen LogP contribution in [0, 0.1) is 5.92 Å². The van der Waals surface area contributed by atoms with E-state index in [0.717, 1.165) is 12.8 Å². The van der Waals surface area contributed by atoms with Crippen molar-refractivity contribution in [3.63, 3.8) is 0 Å². The lowest BCUT2D eigenvalue weighted by molar-refractivity contribution is -0.0538. The quantitative estimate of drug-likeness (QED) is 0.868. The normalized spacial score (nSPS) is 23.3. The first-order valence-corrected chi connectivity index (χ1v) is 5.50. The highest BCUT2D eigenvalue weighted by molar-refractivity contribution is 5.39. The maximum absolute atomic E-state index is 12.1. The molecule has 1 aromatic carbocycles. The Labute approximate surface area is 99.5 Å². The molecule has 1 aliphatic rings. The molecule has 0 aromatic heterocycles. The maximum atomic E-state index is 12.1. The molecule has 0 radical (unpaired) electrons. The van der Waals surface area contributed by atoms with Gasteiger partial charge in [-0.15, -0.1) is 0 Å². The molecule has 1 fully saturated rings. The van der Waals surface area contributed by atoms with E-state index < -0.39 is 6.61 Å². The van der Waals surface area contributed by atoms with Crippen molar-refractivity contribution in [3.8, 4) is 11.5 Å². The van der Waals surface area contributed by atoms with Gasteiger partial charge in [0.1, 0.15) is 0 Å². The van der Waals surface area contributed by atoms with Gasteiger partial charge in [-0.25, -0.2) is 0 Å². The van der Waals surface area contributed by atoms with E-state index in [-0.39, 0.29) is 25.8 Å². The molecule has 0 unspecified atom stereocenters. The molecule has 5 heteroatoms. The van der Waals surface area contributed by atoms with Gasteiger partial charge in [0.15, 0.2) is 11.5 Å². The lowest BCUT2D eigenvalue weighted by Crippen LogP contribution is -2.35. The summed E-state index contributed by atoms with van der Waals surface area (Å²) in [6.07, 6.45) is 1.48. The Morgan fingerprint density at radius 1 is 1.29 bits per heavy atom. The standard InChI is InChI=1S/C12H14F2O3.H2/c13-12(14)17-11-4-2-1-3-10(11)16-9-5-8(6-9)7-15;/h1-4,8-9,12,15H,5-7H2;1H. The third-order valence-electron chi connectivity index (χ3n) is 2.81. The van der Waals surface area contributed by atoms with E-state index in [0.29, 0.717) is 5.75 Å². The Bertz CT molecular complexity index is 370. The Balaban J connectivity index is 0.00000162. The molecule has 0 spiro atoms. The fraction of sp³-hybridized carbons (Fsp3) is 0.500. The molecule has 0 bridgehead atoms. The van der Waals surface area contributed by atoms with Crippen LogP contribution in [0.15, 0.2) is 24.3 Å². The second-order valence-electron chi connectivity index (χ2n) is 4.09. The van der Waals surface area contributed by atoms with Crippen LogP contribution in [0.25, 0.3) is 0 Å². The van der Waals surface area contributed by atoms with Crippen molar-refractivity contribution in [1.82, 2.24) is 0 Å². The number of hydrogen-bond acceptors (Lipinski definition) is 3. The number of benzene rings is 1. The van der Waals surface area contributed by atoms with Gasteiger partial charge >= 0.3 is 6.61 Å². The van der Waals surface area contributed by atoms with Gasteiger partial charge in [-0.05, 0) is 30.9 Å². The minimum Gasteiger partial charge on any atom is -0.487 e. The van der Waals surface area contributed by atoms with Crippen LogP contribution in [0.3, 0.4) is 0 Å². The number of aliphatic hydroxyl groups is 1. The van der Waals surface area contributed by atoms with Crippen LogP contribution < -0.4 is 9.47 Å². The highest BCUT2D eigenvalue weighted by atomic mass is 19.3. The summed E-state index contributed by atoms with van der Waals surface area (Å²) < 4.78 is 34.2. The van der Waals surface area contributed by atoms with Gasteiger partial charge < -0.3 is 14.6 Å². The summed E-state index contributed by atoms with van der Waals surface area (Å²) in [7, 11) is 0. The molecule has 0 saturated heterocycles. The largest absolute Gasteiger partial charge is 0.487 e. The molecule has 3 nitrogen and oxygen atoms in total. The van der Waals surface area contributed by atoms with E-state index in [4.69, 9.17) is 9.84 Å². The molecule has 0 amide bonds. The molecule has 1 aliphatic carbocycles. The van der Waals surface area contributed by atoms with Gasteiger partial charge in [0.05, 0.1) is 6.10 Å². The number of rotatable bonds is 5. The summed E-state index contributed by atoms with van der Waals surface area (Å²) in [4.78, 5) is 0. The molecule has 0 atom stereocenters. The Kier molecular flexibility index (Phi) is 3.78. The van der Waals surface area contributed by atoms with E-state index in [2.05, 4.69) is 4.74 Å². The van der Waals surface area contributed by atoms with Crippen molar-refractivity contribution in [2.24, 2.45) is 5.92 Å². The number of para-hydroxylation sites is 2. The molecule has 1 N–H and O–H groups in total. The number of aliphatic hydroxyl groups excluding tert-OH is 1. The fourth-order valence-corrected chi connectivity index (χ4v) is 1.84. The van der Waals surface area contributed by atoms with Crippen molar-refractivity contribution in [2.75, 3.05) is 6.61 Å². The zero-order valence-electron chi connectivity index (χ0n) is 9.18. The van der Waals surface area contributed by atoms with Crippen molar-refractivity contribution in [1.29, 1.82) is 0 Å². The topological polar surface area (TPSA) is 38.7 Å². The van der Waals surface area contributed by atoms with Crippen molar-refractivity contribution < 1.29 is 24.8 Å². The monoisotopic (exact) mass is 246 g/mol. The highest BCUT2D eigenvalue weighted by Crippen LogP contribution is 2.35. The van der Waals surface area contributed by atoms with Crippen LogP contribution in [0.2, 0.25) is 0 Å². The summed E-state index contributed by atoms with van der Waals surface area (Å²) in [5.41, 5.74) is 0. The molecule has 0 aliphatic heterocycles. The summed E-state index contributed by atoms with van der Waals surface area (Å²) >= 11 is 0.